The zero-order valence-corrected chi connectivity index (χ0v) is 13.5. The van der Waals surface area contributed by atoms with Gasteiger partial charge in [-0.2, -0.15) is 4.98 Å². The Labute approximate surface area is 146 Å². The molecule has 124 valence electrons. The third-order valence-corrected chi connectivity index (χ3v) is 3.77. The number of carbonyl (C=O) groups excluding carboxylic acids is 1. The molecule has 0 aliphatic rings. The quantitative estimate of drug-likeness (QED) is 0.604. The Balaban J connectivity index is 1.51. The van der Waals surface area contributed by atoms with Crippen molar-refractivity contribution < 1.29 is 9.32 Å². The Kier molecular flexibility index (Phi) is 3.87. The number of nitrogens with one attached hydrogen (secondary N) is 1. The van der Waals surface area contributed by atoms with E-state index in [1.165, 1.54) is 0 Å². The molecule has 4 aromatic heterocycles. The van der Waals surface area contributed by atoms with Crippen LogP contribution < -0.4 is 5.32 Å². The number of carbonyl (C=O) groups is 1. The molecule has 0 aliphatic carbocycles. The molecule has 4 rings (SSSR count). The molecular weight excluding hydrogens is 344 g/mol. The van der Waals surface area contributed by atoms with Crippen LogP contribution in [0.15, 0.2) is 53.4 Å². The third kappa shape index (κ3) is 2.94. The summed E-state index contributed by atoms with van der Waals surface area (Å²) in [5, 5.41) is 6.72. The van der Waals surface area contributed by atoms with Gasteiger partial charge in [0.25, 0.3) is 5.91 Å². The molecule has 0 saturated carbocycles. The topological polar surface area (TPSA) is 98.2 Å². The van der Waals surface area contributed by atoms with Crippen LogP contribution in [-0.2, 0) is 6.54 Å². The summed E-state index contributed by atoms with van der Waals surface area (Å²) >= 11 is 6.08. The Morgan fingerprint density at radius 2 is 2.04 bits per heavy atom. The van der Waals surface area contributed by atoms with Crippen LogP contribution in [0, 0.1) is 0 Å². The second-order valence-corrected chi connectivity index (χ2v) is 5.47. The maximum atomic E-state index is 12.4. The fraction of sp³-hybridized carbons (Fsp3) is 0.0625. The summed E-state index contributed by atoms with van der Waals surface area (Å²) in [4.78, 5) is 24.8. The highest BCUT2D eigenvalue weighted by atomic mass is 35.5. The van der Waals surface area contributed by atoms with E-state index in [1.807, 2.05) is 6.07 Å². The van der Waals surface area contributed by atoms with Crippen LogP contribution in [0.25, 0.3) is 17.0 Å². The highest BCUT2D eigenvalue weighted by Crippen LogP contribution is 2.18. The zero-order valence-electron chi connectivity index (χ0n) is 12.8. The van der Waals surface area contributed by atoms with Gasteiger partial charge >= 0.3 is 0 Å². The van der Waals surface area contributed by atoms with Crippen molar-refractivity contribution in [1.82, 2.24) is 29.8 Å². The monoisotopic (exact) mass is 354 g/mol. The number of fused-ring (bicyclic) bond motifs is 1. The van der Waals surface area contributed by atoms with Crippen LogP contribution in [-0.4, -0.2) is 30.4 Å². The largest absolute Gasteiger partial charge is 0.342 e. The first-order valence-electron chi connectivity index (χ1n) is 7.36. The number of pyridine rings is 2. The van der Waals surface area contributed by atoms with Crippen molar-refractivity contribution in [2.45, 2.75) is 6.54 Å². The van der Waals surface area contributed by atoms with Crippen molar-refractivity contribution in [1.29, 1.82) is 0 Å². The fourth-order valence-corrected chi connectivity index (χ4v) is 2.62. The Bertz CT molecular complexity index is 1040. The molecule has 0 bridgehead atoms. The lowest BCUT2D eigenvalue weighted by molar-refractivity contribution is 0.0940. The minimum absolute atomic E-state index is 0.0767. The van der Waals surface area contributed by atoms with E-state index in [4.69, 9.17) is 16.1 Å². The minimum atomic E-state index is -0.382. The first-order valence-corrected chi connectivity index (χ1v) is 7.74. The molecule has 8 nitrogen and oxygen atoms in total. The highest BCUT2D eigenvalue weighted by Gasteiger charge is 2.18. The molecule has 0 radical (unpaired) electrons. The van der Waals surface area contributed by atoms with Gasteiger partial charge in [-0.05, 0) is 24.3 Å². The van der Waals surface area contributed by atoms with Gasteiger partial charge in [0.15, 0.2) is 10.8 Å². The van der Waals surface area contributed by atoms with Crippen molar-refractivity contribution in [2.75, 3.05) is 0 Å². The van der Waals surface area contributed by atoms with Crippen LogP contribution in [0.5, 0.6) is 0 Å². The molecule has 0 atom stereocenters. The van der Waals surface area contributed by atoms with E-state index in [2.05, 4.69) is 25.4 Å². The van der Waals surface area contributed by atoms with Crippen LogP contribution >= 0.6 is 11.6 Å². The van der Waals surface area contributed by atoms with Gasteiger partial charge in [-0.1, -0.05) is 22.8 Å². The number of imidazole rings is 1. The smallest absolute Gasteiger partial charge is 0.271 e. The molecule has 1 N–H and O–H groups in total. The number of nitrogens with zero attached hydrogens (tertiary/aromatic N) is 5. The molecule has 4 aromatic rings. The maximum Gasteiger partial charge on any atom is 0.271 e. The van der Waals surface area contributed by atoms with Crippen molar-refractivity contribution in [2.24, 2.45) is 0 Å². The summed E-state index contributed by atoms with van der Waals surface area (Å²) in [6.45, 7) is 0.0767. The predicted octanol–water partition coefficient (Wildman–Crippen LogP) is 2.36. The lowest BCUT2D eigenvalue weighted by atomic mass is 10.2. The summed E-state index contributed by atoms with van der Waals surface area (Å²) in [6.07, 6.45) is 5.00. The number of halogens is 1. The van der Waals surface area contributed by atoms with Gasteiger partial charge in [0, 0.05) is 24.2 Å². The van der Waals surface area contributed by atoms with E-state index in [-0.39, 0.29) is 29.2 Å². The molecule has 4 heterocycles. The van der Waals surface area contributed by atoms with Gasteiger partial charge in [0.2, 0.25) is 11.7 Å². The summed E-state index contributed by atoms with van der Waals surface area (Å²) in [5.41, 5.74) is 1.63. The lowest BCUT2D eigenvalue weighted by Crippen LogP contribution is -2.24. The van der Waals surface area contributed by atoms with Crippen LogP contribution in [0.1, 0.15) is 16.4 Å². The molecule has 0 spiro atoms. The van der Waals surface area contributed by atoms with Gasteiger partial charge in [-0.3, -0.25) is 14.2 Å². The molecule has 0 aliphatic heterocycles. The average molecular weight is 355 g/mol. The van der Waals surface area contributed by atoms with E-state index < -0.39 is 0 Å². The van der Waals surface area contributed by atoms with Crippen LogP contribution in [0.4, 0.5) is 0 Å². The van der Waals surface area contributed by atoms with Gasteiger partial charge in [-0.25, -0.2) is 4.98 Å². The van der Waals surface area contributed by atoms with Crippen LogP contribution in [0.3, 0.4) is 0 Å². The molecule has 9 heteroatoms. The number of rotatable bonds is 4. The summed E-state index contributed by atoms with van der Waals surface area (Å²) in [7, 11) is 0. The minimum Gasteiger partial charge on any atom is -0.342 e. The maximum absolute atomic E-state index is 12.4. The Hall–Kier alpha value is -3.26. The van der Waals surface area contributed by atoms with Crippen LogP contribution in [0.2, 0.25) is 5.15 Å². The lowest BCUT2D eigenvalue weighted by Gasteiger charge is -2.02. The Morgan fingerprint density at radius 1 is 1.20 bits per heavy atom. The SMILES string of the molecule is O=C(NCc1nc(-c2ccncc2)no1)c1c(Cl)nc2ccccn12. The molecule has 1 amide bonds. The van der Waals surface area contributed by atoms with E-state index in [9.17, 15) is 4.79 Å². The fourth-order valence-electron chi connectivity index (χ4n) is 2.35. The second kappa shape index (κ2) is 6.33. The second-order valence-electron chi connectivity index (χ2n) is 5.11. The summed E-state index contributed by atoms with van der Waals surface area (Å²) in [6, 6.07) is 8.92. The summed E-state index contributed by atoms with van der Waals surface area (Å²) < 4.78 is 6.77. The highest BCUT2D eigenvalue weighted by molar-refractivity contribution is 6.32. The molecular formula is C16H11ClN6O2. The van der Waals surface area contributed by atoms with Crippen molar-refractivity contribution in [3.8, 4) is 11.4 Å². The number of hydrogen-bond donors (Lipinski definition) is 1. The first-order chi connectivity index (χ1) is 12.2. The van der Waals surface area contributed by atoms with Gasteiger partial charge < -0.3 is 9.84 Å². The normalized spacial score (nSPS) is 10.9. The first kappa shape index (κ1) is 15.3. The third-order valence-electron chi connectivity index (χ3n) is 3.51. The van der Waals surface area contributed by atoms with Crippen molar-refractivity contribution in [3.05, 3.63) is 65.7 Å². The average Bonchev–Trinajstić information content (AvgIpc) is 3.24. The van der Waals surface area contributed by atoms with E-state index in [0.29, 0.717) is 11.5 Å². The predicted molar refractivity (Wildman–Crippen MR) is 88.9 cm³/mol. The van der Waals surface area contributed by atoms with Gasteiger partial charge in [0.05, 0.1) is 6.54 Å². The number of aromatic nitrogens is 5. The van der Waals surface area contributed by atoms with Crippen molar-refractivity contribution in [3.63, 3.8) is 0 Å². The molecule has 0 fully saturated rings. The molecule has 0 aromatic carbocycles. The molecule has 0 unspecified atom stereocenters. The van der Waals surface area contributed by atoms with E-state index in [0.717, 1.165) is 5.56 Å². The molecule has 25 heavy (non-hydrogen) atoms. The summed E-state index contributed by atoms with van der Waals surface area (Å²) in [5.74, 6) is 0.331. The molecule has 0 saturated heterocycles. The zero-order chi connectivity index (χ0) is 17.2. The van der Waals surface area contributed by atoms with E-state index in [1.54, 1.807) is 47.3 Å². The van der Waals surface area contributed by atoms with Gasteiger partial charge in [0.1, 0.15) is 5.65 Å². The Morgan fingerprint density at radius 3 is 2.88 bits per heavy atom. The standard InChI is InChI=1S/C16H11ClN6O2/c17-14-13(23-8-2-1-3-11(23)20-14)16(24)19-9-12-21-15(22-25-12)10-4-6-18-7-5-10/h1-8H,9H2,(H,19,24). The van der Waals surface area contributed by atoms with E-state index >= 15 is 0 Å². The number of hydrogen-bond acceptors (Lipinski definition) is 6. The number of amides is 1. The van der Waals surface area contributed by atoms with Gasteiger partial charge in [-0.15, -0.1) is 0 Å². The van der Waals surface area contributed by atoms with Crippen molar-refractivity contribution >= 4 is 23.2 Å².